The molecule has 0 aliphatic heterocycles. The number of carbonyl (C=O) groups excluding carboxylic acids is 2. The molecule has 162 valence electrons. The van der Waals surface area contributed by atoms with Crippen LogP contribution in [-0.2, 0) is 11.3 Å². The highest BCUT2D eigenvalue weighted by atomic mass is 32.2. The van der Waals surface area contributed by atoms with Gasteiger partial charge in [0, 0.05) is 17.8 Å². The number of hydrogen-bond acceptors (Lipinski definition) is 5. The minimum atomic E-state index is -0.467. The Balaban J connectivity index is 1.83. The van der Waals surface area contributed by atoms with Gasteiger partial charge in [0.25, 0.3) is 5.56 Å². The molecule has 0 aliphatic rings. The van der Waals surface area contributed by atoms with Gasteiger partial charge < -0.3 is 5.32 Å². The second-order valence-electron chi connectivity index (χ2n) is 7.93. The number of carbonyl (C=O) groups is 2. The molecular weight excluding hydrogens is 410 g/mol. The van der Waals surface area contributed by atoms with E-state index in [0.717, 1.165) is 6.42 Å². The number of thioether (sulfide) groups is 1. The smallest absolute Gasteiger partial charge is 0.262 e. The third kappa shape index (κ3) is 5.61. The third-order valence-corrected chi connectivity index (χ3v) is 6.06. The number of fused-ring (bicyclic) bond motifs is 1. The molecule has 7 heteroatoms. The molecule has 2 aromatic carbocycles. The van der Waals surface area contributed by atoms with Gasteiger partial charge in [0.05, 0.1) is 16.2 Å². The van der Waals surface area contributed by atoms with Crippen LogP contribution in [0.5, 0.6) is 0 Å². The SMILES string of the molecule is CC(=O)c1ccc(NC(=O)C(C)Sc2nc3ccccc3c(=O)n2CCC(C)C)cc1. The van der Waals surface area contributed by atoms with E-state index >= 15 is 0 Å². The molecule has 31 heavy (non-hydrogen) atoms. The Morgan fingerprint density at radius 1 is 1.06 bits per heavy atom. The maximum absolute atomic E-state index is 13.1. The van der Waals surface area contributed by atoms with Crippen molar-refractivity contribution >= 4 is 40.0 Å². The van der Waals surface area contributed by atoms with Crippen LogP contribution in [-0.4, -0.2) is 26.5 Å². The molecular formula is C24H27N3O3S. The topological polar surface area (TPSA) is 81.1 Å². The molecule has 0 radical (unpaired) electrons. The number of aromatic nitrogens is 2. The number of Topliss-reactive ketones (excluding diaryl/α,β-unsaturated/α-hetero) is 1. The molecule has 0 aliphatic carbocycles. The quantitative estimate of drug-likeness (QED) is 0.312. The number of benzene rings is 2. The molecule has 0 saturated carbocycles. The van der Waals surface area contributed by atoms with Crippen molar-refractivity contribution < 1.29 is 9.59 Å². The Bertz CT molecular complexity index is 1150. The van der Waals surface area contributed by atoms with E-state index in [-0.39, 0.29) is 17.2 Å². The second-order valence-corrected chi connectivity index (χ2v) is 9.24. The van der Waals surface area contributed by atoms with Crippen molar-refractivity contribution in [1.82, 2.24) is 9.55 Å². The van der Waals surface area contributed by atoms with E-state index in [2.05, 4.69) is 24.1 Å². The predicted molar refractivity (Wildman–Crippen MR) is 126 cm³/mol. The predicted octanol–water partition coefficient (Wildman–Crippen LogP) is 4.76. The van der Waals surface area contributed by atoms with Gasteiger partial charge in [0.1, 0.15) is 0 Å². The second kappa shape index (κ2) is 9.92. The number of rotatable bonds is 8. The maximum atomic E-state index is 13.1. The van der Waals surface area contributed by atoms with Crippen LogP contribution in [0.4, 0.5) is 5.69 Å². The van der Waals surface area contributed by atoms with Crippen LogP contribution in [0.2, 0.25) is 0 Å². The van der Waals surface area contributed by atoms with Gasteiger partial charge >= 0.3 is 0 Å². The number of ketones is 1. The van der Waals surface area contributed by atoms with Crippen LogP contribution in [0.25, 0.3) is 10.9 Å². The average molecular weight is 438 g/mol. The van der Waals surface area contributed by atoms with Crippen molar-refractivity contribution in [1.29, 1.82) is 0 Å². The Hall–Kier alpha value is -2.93. The van der Waals surface area contributed by atoms with Gasteiger partial charge in [-0.15, -0.1) is 0 Å². The van der Waals surface area contributed by atoms with Crippen LogP contribution in [0.1, 0.15) is 44.5 Å². The zero-order valence-corrected chi connectivity index (χ0v) is 19.0. The van der Waals surface area contributed by atoms with Crippen LogP contribution >= 0.6 is 11.8 Å². The number of anilines is 1. The standard InChI is InChI=1S/C24H27N3O3S/c1-15(2)13-14-27-23(30)20-7-5-6-8-21(20)26-24(27)31-17(4)22(29)25-19-11-9-18(10-12-19)16(3)28/h5-12,15,17H,13-14H2,1-4H3,(H,25,29). The maximum Gasteiger partial charge on any atom is 0.262 e. The molecule has 0 saturated heterocycles. The van der Waals surface area contributed by atoms with E-state index < -0.39 is 5.25 Å². The highest BCUT2D eigenvalue weighted by Crippen LogP contribution is 2.24. The highest BCUT2D eigenvalue weighted by Gasteiger charge is 2.20. The lowest BCUT2D eigenvalue weighted by atomic mass is 10.1. The van der Waals surface area contributed by atoms with Crippen LogP contribution < -0.4 is 10.9 Å². The number of nitrogens with one attached hydrogen (secondary N) is 1. The molecule has 3 aromatic rings. The number of hydrogen-bond donors (Lipinski definition) is 1. The van der Waals surface area contributed by atoms with Gasteiger partial charge in [-0.2, -0.15) is 0 Å². The van der Waals surface area contributed by atoms with E-state index in [9.17, 15) is 14.4 Å². The Labute approximate surface area is 186 Å². The minimum absolute atomic E-state index is 0.0245. The summed E-state index contributed by atoms with van der Waals surface area (Å²) in [6, 6.07) is 14.1. The van der Waals surface area contributed by atoms with Crippen molar-refractivity contribution in [2.75, 3.05) is 5.32 Å². The van der Waals surface area contributed by atoms with E-state index in [0.29, 0.717) is 39.8 Å². The third-order valence-electron chi connectivity index (χ3n) is 4.97. The van der Waals surface area contributed by atoms with Gasteiger partial charge in [-0.25, -0.2) is 4.98 Å². The summed E-state index contributed by atoms with van der Waals surface area (Å²) in [4.78, 5) is 41.9. The summed E-state index contributed by atoms with van der Waals surface area (Å²) in [6.45, 7) is 8.07. The highest BCUT2D eigenvalue weighted by molar-refractivity contribution is 8.00. The van der Waals surface area contributed by atoms with Crippen LogP contribution in [0.3, 0.4) is 0 Å². The Morgan fingerprint density at radius 3 is 2.39 bits per heavy atom. The molecule has 0 bridgehead atoms. The normalized spacial score (nSPS) is 12.2. The molecule has 1 aromatic heterocycles. The monoisotopic (exact) mass is 437 g/mol. The van der Waals surface area contributed by atoms with E-state index in [1.54, 1.807) is 41.8 Å². The first kappa shape index (κ1) is 22.7. The average Bonchev–Trinajstić information content (AvgIpc) is 2.73. The van der Waals surface area contributed by atoms with Crippen LogP contribution in [0.15, 0.2) is 58.5 Å². The summed E-state index contributed by atoms with van der Waals surface area (Å²) in [5.74, 6) is 0.219. The van der Waals surface area contributed by atoms with E-state index in [1.807, 2.05) is 18.2 Å². The van der Waals surface area contributed by atoms with Gasteiger partial charge in [0.15, 0.2) is 10.9 Å². The fraction of sp³-hybridized carbons (Fsp3) is 0.333. The lowest BCUT2D eigenvalue weighted by molar-refractivity contribution is -0.115. The largest absolute Gasteiger partial charge is 0.325 e. The van der Waals surface area contributed by atoms with Crippen molar-refractivity contribution in [3.63, 3.8) is 0 Å². The van der Waals surface area contributed by atoms with Crippen molar-refractivity contribution in [2.45, 2.75) is 51.1 Å². The summed E-state index contributed by atoms with van der Waals surface area (Å²) in [5.41, 5.74) is 1.76. The van der Waals surface area contributed by atoms with Crippen molar-refractivity contribution in [2.24, 2.45) is 5.92 Å². The molecule has 1 atom stereocenters. The Kier molecular flexibility index (Phi) is 7.28. The first-order chi connectivity index (χ1) is 14.8. The van der Waals surface area contributed by atoms with E-state index in [1.165, 1.54) is 18.7 Å². The summed E-state index contributed by atoms with van der Waals surface area (Å²) in [6.07, 6.45) is 0.844. The van der Waals surface area contributed by atoms with Gasteiger partial charge in [-0.1, -0.05) is 37.7 Å². The van der Waals surface area contributed by atoms with E-state index in [4.69, 9.17) is 0 Å². The molecule has 1 amide bonds. The minimum Gasteiger partial charge on any atom is -0.325 e. The Morgan fingerprint density at radius 2 is 1.74 bits per heavy atom. The van der Waals surface area contributed by atoms with Gasteiger partial charge in [-0.05, 0) is 62.6 Å². The van der Waals surface area contributed by atoms with Gasteiger partial charge in [0.2, 0.25) is 5.91 Å². The lowest BCUT2D eigenvalue weighted by Gasteiger charge is -2.17. The van der Waals surface area contributed by atoms with Gasteiger partial charge in [-0.3, -0.25) is 19.0 Å². The summed E-state index contributed by atoms with van der Waals surface area (Å²) < 4.78 is 1.68. The fourth-order valence-electron chi connectivity index (χ4n) is 3.07. The molecule has 1 N–H and O–H groups in total. The van der Waals surface area contributed by atoms with Crippen molar-refractivity contribution in [3.8, 4) is 0 Å². The first-order valence-corrected chi connectivity index (χ1v) is 11.2. The summed E-state index contributed by atoms with van der Waals surface area (Å²) >= 11 is 1.27. The molecule has 1 unspecified atom stereocenters. The number of para-hydroxylation sites is 1. The molecule has 0 spiro atoms. The molecule has 0 fully saturated rings. The number of nitrogens with zero attached hydrogens (tertiary/aromatic N) is 2. The molecule has 6 nitrogen and oxygen atoms in total. The fourth-order valence-corrected chi connectivity index (χ4v) is 4.00. The lowest BCUT2D eigenvalue weighted by Crippen LogP contribution is -2.27. The van der Waals surface area contributed by atoms with Crippen LogP contribution in [0, 0.1) is 5.92 Å². The zero-order valence-electron chi connectivity index (χ0n) is 18.2. The summed E-state index contributed by atoms with van der Waals surface area (Å²) in [7, 11) is 0. The summed E-state index contributed by atoms with van der Waals surface area (Å²) in [5, 5.41) is 3.52. The zero-order chi connectivity index (χ0) is 22.5. The molecule has 1 heterocycles. The van der Waals surface area contributed by atoms with Crippen molar-refractivity contribution in [3.05, 3.63) is 64.4 Å². The first-order valence-electron chi connectivity index (χ1n) is 10.3. The molecule has 3 rings (SSSR count). The number of amides is 1.